The summed E-state index contributed by atoms with van der Waals surface area (Å²) in [5.41, 5.74) is 3.13. The first-order valence-corrected chi connectivity index (χ1v) is 8.45. The summed E-state index contributed by atoms with van der Waals surface area (Å²) < 4.78 is 5.68. The number of aliphatic hydroxyl groups excluding tert-OH is 1. The Kier molecular flexibility index (Phi) is 6.02. The zero-order chi connectivity index (χ0) is 17.7. The van der Waals surface area contributed by atoms with Crippen molar-refractivity contribution in [2.45, 2.75) is 58.8 Å². The summed E-state index contributed by atoms with van der Waals surface area (Å²) in [6, 6.07) is 7.62. The van der Waals surface area contributed by atoms with Gasteiger partial charge >= 0.3 is 0 Å². The Bertz CT molecular complexity index is 644. The molecule has 0 spiro atoms. The Balaban J connectivity index is 1.92. The molecule has 0 radical (unpaired) electrons. The van der Waals surface area contributed by atoms with Crippen LogP contribution >= 0.6 is 0 Å². The third kappa shape index (κ3) is 5.08. The fourth-order valence-electron chi connectivity index (χ4n) is 2.62. The van der Waals surface area contributed by atoms with Gasteiger partial charge in [0.25, 0.3) is 0 Å². The average molecular weight is 331 g/mol. The number of rotatable bonds is 7. The molecule has 1 atom stereocenters. The van der Waals surface area contributed by atoms with E-state index < -0.39 is 6.10 Å². The Hall–Kier alpha value is -1.85. The molecular formula is C19H29N3O2. The summed E-state index contributed by atoms with van der Waals surface area (Å²) >= 11 is 0. The molecule has 2 aromatic rings. The Morgan fingerprint density at radius 1 is 1.29 bits per heavy atom. The van der Waals surface area contributed by atoms with Crippen LogP contribution in [0.3, 0.4) is 0 Å². The van der Waals surface area contributed by atoms with E-state index in [-0.39, 0.29) is 11.5 Å². The number of hydrogen-bond acceptors (Lipinski definition) is 4. The van der Waals surface area contributed by atoms with Crippen LogP contribution in [0.5, 0.6) is 5.75 Å². The van der Waals surface area contributed by atoms with Crippen LogP contribution < -0.4 is 10.1 Å². The first-order valence-electron chi connectivity index (χ1n) is 8.45. The Morgan fingerprint density at radius 3 is 2.71 bits per heavy atom. The predicted octanol–water partition coefficient (Wildman–Crippen LogP) is 3.32. The Labute approximate surface area is 144 Å². The lowest BCUT2D eigenvalue weighted by Crippen LogP contribution is -2.23. The van der Waals surface area contributed by atoms with Crippen LogP contribution in [0.25, 0.3) is 0 Å². The molecule has 1 unspecified atom stereocenters. The quantitative estimate of drug-likeness (QED) is 0.728. The largest absolute Gasteiger partial charge is 0.491 e. The van der Waals surface area contributed by atoms with Gasteiger partial charge in [-0.3, -0.25) is 5.10 Å². The number of ether oxygens (including phenoxy) is 1. The lowest BCUT2D eigenvalue weighted by Gasteiger charge is -2.19. The maximum absolute atomic E-state index is 10.4. The van der Waals surface area contributed by atoms with Crippen LogP contribution in [0.15, 0.2) is 30.5 Å². The molecule has 0 saturated heterocycles. The van der Waals surface area contributed by atoms with Crippen molar-refractivity contribution in [3.63, 3.8) is 0 Å². The molecule has 5 nitrogen and oxygen atoms in total. The van der Waals surface area contributed by atoms with Crippen molar-refractivity contribution in [2.75, 3.05) is 6.54 Å². The number of aliphatic hydroxyl groups is 1. The van der Waals surface area contributed by atoms with Crippen molar-refractivity contribution in [3.8, 4) is 5.75 Å². The molecule has 132 valence electrons. The van der Waals surface area contributed by atoms with Gasteiger partial charge in [0.1, 0.15) is 5.75 Å². The highest BCUT2D eigenvalue weighted by Gasteiger charge is 2.20. The second-order valence-electron chi connectivity index (χ2n) is 7.41. The number of hydrogen-bond donors (Lipinski definition) is 3. The topological polar surface area (TPSA) is 70.2 Å². The second-order valence-corrected chi connectivity index (χ2v) is 7.41. The molecule has 0 saturated carbocycles. The number of H-pyrrole nitrogens is 1. The lowest BCUT2D eigenvalue weighted by molar-refractivity contribution is 0.173. The molecule has 2 rings (SSSR count). The highest BCUT2D eigenvalue weighted by atomic mass is 16.5. The van der Waals surface area contributed by atoms with Crippen molar-refractivity contribution in [1.82, 2.24) is 15.5 Å². The third-order valence-corrected chi connectivity index (χ3v) is 3.74. The lowest BCUT2D eigenvalue weighted by atomic mass is 9.89. The van der Waals surface area contributed by atoms with Gasteiger partial charge in [-0.1, -0.05) is 32.9 Å². The Morgan fingerprint density at radius 2 is 2.04 bits per heavy atom. The molecule has 0 amide bonds. The monoisotopic (exact) mass is 331 g/mol. The predicted molar refractivity (Wildman–Crippen MR) is 96.2 cm³/mol. The molecule has 0 bridgehead atoms. The van der Waals surface area contributed by atoms with Gasteiger partial charge in [0.05, 0.1) is 18.4 Å². The van der Waals surface area contributed by atoms with Crippen molar-refractivity contribution in [1.29, 1.82) is 0 Å². The van der Waals surface area contributed by atoms with Crippen LogP contribution in [0.4, 0.5) is 0 Å². The van der Waals surface area contributed by atoms with Gasteiger partial charge < -0.3 is 15.2 Å². The van der Waals surface area contributed by atoms with Gasteiger partial charge in [-0.15, -0.1) is 0 Å². The van der Waals surface area contributed by atoms with Crippen molar-refractivity contribution >= 4 is 0 Å². The first kappa shape index (κ1) is 18.5. The van der Waals surface area contributed by atoms with Crippen molar-refractivity contribution in [2.24, 2.45) is 0 Å². The van der Waals surface area contributed by atoms with E-state index >= 15 is 0 Å². The number of aromatic nitrogens is 2. The number of nitrogens with one attached hydrogen (secondary N) is 2. The van der Waals surface area contributed by atoms with E-state index in [4.69, 9.17) is 4.74 Å². The molecule has 0 aliphatic carbocycles. The molecular weight excluding hydrogens is 302 g/mol. The van der Waals surface area contributed by atoms with Crippen LogP contribution in [0.1, 0.15) is 57.5 Å². The van der Waals surface area contributed by atoms with E-state index in [1.54, 1.807) is 0 Å². The van der Waals surface area contributed by atoms with Gasteiger partial charge in [-0.2, -0.15) is 5.10 Å². The second kappa shape index (κ2) is 7.81. The van der Waals surface area contributed by atoms with Gasteiger partial charge in [0.15, 0.2) is 0 Å². The number of nitrogens with zero attached hydrogens (tertiary/aromatic N) is 1. The molecule has 1 aromatic heterocycles. The van der Waals surface area contributed by atoms with E-state index in [2.05, 4.69) is 36.3 Å². The van der Waals surface area contributed by atoms with Crippen molar-refractivity contribution < 1.29 is 9.84 Å². The molecule has 3 N–H and O–H groups in total. The molecule has 0 fully saturated rings. The molecule has 5 heteroatoms. The molecule has 1 heterocycles. The molecule has 0 aliphatic heterocycles. The smallest absolute Gasteiger partial charge is 0.120 e. The van der Waals surface area contributed by atoms with E-state index in [0.29, 0.717) is 13.1 Å². The van der Waals surface area contributed by atoms with E-state index in [1.165, 1.54) is 0 Å². The van der Waals surface area contributed by atoms with Gasteiger partial charge in [0, 0.05) is 29.8 Å². The summed E-state index contributed by atoms with van der Waals surface area (Å²) in [6.45, 7) is 11.6. The normalized spacial score (nSPS) is 13.3. The minimum absolute atomic E-state index is 0.0225. The summed E-state index contributed by atoms with van der Waals surface area (Å²) in [4.78, 5) is 0. The highest BCUT2D eigenvalue weighted by Crippen LogP contribution is 2.23. The summed E-state index contributed by atoms with van der Waals surface area (Å²) in [5, 5.41) is 20.9. The minimum atomic E-state index is -0.578. The molecule has 1 aromatic carbocycles. The standard InChI is InChI=1S/C19H29N3O2/c1-13(2)24-16-8-6-7-14(9-16)17(23)12-20-10-15-11-21-22-18(15)19(3,4)5/h6-9,11,13,17,20,23H,10,12H2,1-5H3,(H,21,22). The van der Waals surface area contributed by atoms with Crippen molar-refractivity contribution in [3.05, 3.63) is 47.3 Å². The van der Waals surface area contributed by atoms with Crippen LogP contribution in [-0.4, -0.2) is 28.0 Å². The highest BCUT2D eigenvalue weighted by molar-refractivity contribution is 5.30. The minimum Gasteiger partial charge on any atom is -0.491 e. The fourth-order valence-corrected chi connectivity index (χ4v) is 2.62. The van der Waals surface area contributed by atoms with Crippen LogP contribution in [0.2, 0.25) is 0 Å². The van der Waals surface area contributed by atoms with Gasteiger partial charge in [-0.25, -0.2) is 0 Å². The van der Waals surface area contributed by atoms with Gasteiger partial charge in [-0.05, 0) is 31.5 Å². The zero-order valence-corrected chi connectivity index (χ0v) is 15.3. The summed E-state index contributed by atoms with van der Waals surface area (Å²) in [5.74, 6) is 0.784. The molecule has 24 heavy (non-hydrogen) atoms. The number of aromatic amines is 1. The van der Waals surface area contributed by atoms with E-state index in [9.17, 15) is 5.11 Å². The average Bonchev–Trinajstić information content (AvgIpc) is 2.95. The zero-order valence-electron chi connectivity index (χ0n) is 15.3. The molecule has 0 aliphatic rings. The van der Waals surface area contributed by atoms with Crippen LogP contribution in [-0.2, 0) is 12.0 Å². The summed E-state index contributed by atoms with van der Waals surface area (Å²) in [6.07, 6.45) is 1.38. The summed E-state index contributed by atoms with van der Waals surface area (Å²) in [7, 11) is 0. The SMILES string of the molecule is CC(C)Oc1cccc(C(O)CNCc2cn[nH]c2C(C)(C)C)c1. The van der Waals surface area contributed by atoms with E-state index in [1.807, 2.05) is 44.3 Å². The maximum Gasteiger partial charge on any atom is 0.120 e. The first-order chi connectivity index (χ1) is 11.3. The third-order valence-electron chi connectivity index (χ3n) is 3.74. The fraction of sp³-hybridized carbons (Fsp3) is 0.526. The van der Waals surface area contributed by atoms with Crippen LogP contribution in [0, 0.1) is 0 Å². The van der Waals surface area contributed by atoms with E-state index in [0.717, 1.165) is 22.6 Å². The maximum atomic E-state index is 10.4. The van der Waals surface area contributed by atoms with Gasteiger partial charge in [0.2, 0.25) is 0 Å². The number of benzene rings is 1.